The highest BCUT2D eigenvalue weighted by Crippen LogP contribution is 2.25. The topological polar surface area (TPSA) is 88.4 Å². The van der Waals surface area contributed by atoms with Gasteiger partial charge < -0.3 is 4.90 Å². The first-order valence-electron chi connectivity index (χ1n) is 12.7. The number of hydrogen-bond acceptors (Lipinski definition) is 5. The molecule has 0 atom stereocenters. The lowest BCUT2D eigenvalue weighted by atomic mass is 9.90. The van der Waals surface area contributed by atoms with Gasteiger partial charge in [-0.2, -0.15) is 4.31 Å². The molecule has 2 aliphatic heterocycles. The minimum Gasteiger partial charge on any atom is -0.343 e. The van der Waals surface area contributed by atoms with Gasteiger partial charge in [0.15, 0.2) is 0 Å². The molecule has 2 fully saturated rings. The average molecular weight is 496 g/mol. The van der Waals surface area contributed by atoms with Gasteiger partial charge in [-0.1, -0.05) is 35.5 Å². The van der Waals surface area contributed by atoms with Crippen LogP contribution in [0.15, 0.2) is 53.4 Å². The van der Waals surface area contributed by atoms with Crippen LogP contribution in [0.3, 0.4) is 0 Å². The van der Waals surface area contributed by atoms with Crippen molar-refractivity contribution in [3.8, 4) is 0 Å². The Kier molecular flexibility index (Phi) is 7.15. The second kappa shape index (κ2) is 10.5. The number of aromatic nitrogens is 3. The summed E-state index contributed by atoms with van der Waals surface area (Å²) >= 11 is 0. The number of aryl methyl sites for hydroxylation is 1. The molecule has 0 N–H and O–H groups in total. The normalized spacial score (nSPS) is 17.9. The van der Waals surface area contributed by atoms with Crippen LogP contribution in [0.5, 0.6) is 0 Å². The van der Waals surface area contributed by atoms with Crippen LogP contribution in [0, 0.1) is 5.92 Å². The Bertz CT molecular complexity index is 1260. The third kappa shape index (κ3) is 5.41. The number of sulfonamides is 1. The molecule has 0 saturated carbocycles. The van der Waals surface area contributed by atoms with Gasteiger partial charge in [-0.25, -0.2) is 13.1 Å². The zero-order valence-corrected chi connectivity index (χ0v) is 20.9. The van der Waals surface area contributed by atoms with Crippen molar-refractivity contribution in [3.63, 3.8) is 0 Å². The third-order valence-electron chi connectivity index (χ3n) is 7.28. The average Bonchev–Trinajstić information content (AvgIpc) is 3.56. The van der Waals surface area contributed by atoms with Crippen LogP contribution in [-0.2, 0) is 27.8 Å². The van der Waals surface area contributed by atoms with Gasteiger partial charge in [0.2, 0.25) is 15.9 Å². The number of rotatable bonds is 8. The van der Waals surface area contributed by atoms with Crippen LogP contribution in [0.4, 0.5) is 0 Å². The highest BCUT2D eigenvalue weighted by Gasteiger charge is 2.28. The molecule has 8 nitrogen and oxygen atoms in total. The molecule has 0 aliphatic carbocycles. The lowest BCUT2D eigenvalue weighted by Gasteiger charge is -2.32. The van der Waals surface area contributed by atoms with Gasteiger partial charge in [-0.15, -0.1) is 5.10 Å². The van der Waals surface area contributed by atoms with Crippen LogP contribution in [0.1, 0.15) is 44.1 Å². The molecule has 0 spiro atoms. The molecule has 9 heteroatoms. The van der Waals surface area contributed by atoms with E-state index in [9.17, 15) is 13.2 Å². The number of carbonyl (C=O) groups is 1. The maximum absolute atomic E-state index is 12.8. The molecule has 1 amide bonds. The summed E-state index contributed by atoms with van der Waals surface area (Å²) < 4.78 is 28.9. The summed E-state index contributed by atoms with van der Waals surface area (Å²) in [4.78, 5) is 15.0. The van der Waals surface area contributed by atoms with E-state index in [1.54, 1.807) is 22.9 Å². The summed E-state index contributed by atoms with van der Waals surface area (Å²) in [5.74, 6) is 0.841. The highest BCUT2D eigenvalue weighted by atomic mass is 32.2. The standard InChI is InChI=1S/C26H33N5O3S/c32-26(29-17-12-22(13-18-29)19-21-7-2-1-3-8-21)9-6-16-31-25-11-10-23(20-24(25)27-28-31)35(33,34)30-14-4-5-15-30/h1-3,7-8,10-11,20,22H,4-6,9,12-19H2. The zero-order valence-electron chi connectivity index (χ0n) is 20.1. The fourth-order valence-corrected chi connectivity index (χ4v) is 6.76. The van der Waals surface area contributed by atoms with Crippen molar-refractivity contribution in [1.82, 2.24) is 24.2 Å². The van der Waals surface area contributed by atoms with E-state index in [-0.39, 0.29) is 10.8 Å². The number of fused-ring (bicyclic) bond motifs is 1. The van der Waals surface area contributed by atoms with Crippen LogP contribution < -0.4 is 0 Å². The largest absolute Gasteiger partial charge is 0.343 e. The Balaban J connectivity index is 1.11. The van der Waals surface area contributed by atoms with Gasteiger partial charge in [-0.3, -0.25) is 4.79 Å². The van der Waals surface area contributed by atoms with Crippen LogP contribution in [0.2, 0.25) is 0 Å². The molecule has 0 unspecified atom stereocenters. The Hall–Kier alpha value is -2.78. The number of amides is 1. The van der Waals surface area contributed by atoms with E-state index in [1.807, 2.05) is 11.0 Å². The van der Waals surface area contributed by atoms with E-state index in [1.165, 1.54) is 9.87 Å². The van der Waals surface area contributed by atoms with Crippen molar-refractivity contribution in [2.45, 2.75) is 56.4 Å². The fourth-order valence-electron chi connectivity index (χ4n) is 5.23. The Labute approximate surface area is 207 Å². The molecule has 0 bridgehead atoms. The lowest BCUT2D eigenvalue weighted by molar-refractivity contribution is -0.132. The lowest BCUT2D eigenvalue weighted by Crippen LogP contribution is -2.38. The summed E-state index contributed by atoms with van der Waals surface area (Å²) in [5, 5.41) is 8.39. The van der Waals surface area contributed by atoms with Crippen LogP contribution in [-0.4, -0.2) is 64.7 Å². The van der Waals surface area contributed by atoms with E-state index in [0.29, 0.717) is 43.9 Å². The second-order valence-corrected chi connectivity index (χ2v) is 11.6. The maximum atomic E-state index is 12.8. The van der Waals surface area contributed by atoms with Crippen molar-refractivity contribution < 1.29 is 13.2 Å². The first-order valence-corrected chi connectivity index (χ1v) is 14.1. The predicted molar refractivity (Wildman–Crippen MR) is 134 cm³/mol. The molecule has 0 radical (unpaired) electrons. The molecule has 3 heterocycles. The predicted octanol–water partition coefficient (Wildman–Crippen LogP) is 3.48. The highest BCUT2D eigenvalue weighted by molar-refractivity contribution is 7.89. The maximum Gasteiger partial charge on any atom is 0.243 e. The van der Waals surface area contributed by atoms with Crippen LogP contribution >= 0.6 is 0 Å². The Morgan fingerprint density at radius 2 is 1.71 bits per heavy atom. The Morgan fingerprint density at radius 3 is 2.46 bits per heavy atom. The van der Waals surface area contributed by atoms with Crippen molar-refractivity contribution in [2.24, 2.45) is 5.92 Å². The number of nitrogens with zero attached hydrogens (tertiary/aromatic N) is 5. The van der Waals surface area contributed by atoms with Gasteiger partial charge in [0.25, 0.3) is 0 Å². The first-order chi connectivity index (χ1) is 17.0. The zero-order chi connectivity index (χ0) is 24.3. The molecule has 186 valence electrons. The Morgan fingerprint density at radius 1 is 0.971 bits per heavy atom. The van der Waals surface area contributed by atoms with E-state index in [2.05, 4.69) is 34.6 Å². The molecular formula is C26H33N5O3S. The minimum absolute atomic E-state index is 0.201. The number of likely N-dealkylation sites (tertiary alicyclic amines) is 1. The molecule has 2 saturated heterocycles. The fraction of sp³-hybridized carbons (Fsp3) is 0.500. The monoisotopic (exact) mass is 495 g/mol. The van der Waals surface area contributed by atoms with Crippen molar-refractivity contribution in [3.05, 3.63) is 54.1 Å². The van der Waals surface area contributed by atoms with Gasteiger partial charge in [0.1, 0.15) is 5.52 Å². The quantitative estimate of drug-likeness (QED) is 0.477. The molecular weight excluding hydrogens is 462 g/mol. The summed E-state index contributed by atoms with van der Waals surface area (Å²) in [7, 11) is -3.48. The van der Waals surface area contributed by atoms with Gasteiger partial charge >= 0.3 is 0 Å². The van der Waals surface area contributed by atoms with Crippen molar-refractivity contribution >= 4 is 27.0 Å². The molecule has 5 rings (SSSR count). The molecule has 3 aromatic rings. The number of hydrogen-bond donors (Lipinski definition) is 0. The van der Waals surface area contributed by atoms with Crippen molar-refractivity contribution in [1.29, 1.82) is 0 Å². The number of carbonyl (C=O) groups excluding carboxylic acids is 1. The molecule has 1 aromatic heterocycles. The number of piperidine rings is 1. The molecule has 35 heavy (non-hydrogen) atoms. The second-order valence-electron chi connectivity index (χ2n) is 9.69. The number of benzene rings is 2. The SMILES string of the molecule is O=C(CCCn1nnc2cc(S(=O)(=O)N3CCCC3)ccc21)N1CCC(Cc2ccccc2)CC1. The summed E-state index contributed by atoms with van der Waals surface area (Å²) in [6.45, 7) is 3.39. The van der Waals surface area contributed by atoms with E-state index in [4.69, 9.17) is 0 Å². The van der Waals surface area contributed by atoms with Gasteiger partial charge in [0.05, 0.1) is 10.4 Å². The van der Waals surface area contributed by atoms with E-state index in [0.717, 1.165) is 50.7 Å². The third-order valence-corrected chi connectivity index (χ3v) is 9.18. The van der Waals surface area contributed by atoms with Gasteiger partial charge in [0, 0.05) is 39.1 Å². The minimum atomic E-state index is -3.48. The van der Waals surface area contributed by atoms with E-state index < -0.39 is 10.0 Å². The van der Waals surface area contributed by atoms with Crippen LogP contribution in [0.25, 0.3) is 11.0 Å². The van der Waals surface area contributed by atoms with E-state index >= 15 is 0 Å². The molecule has 2 aliphatic rings. The van der Waals surface area contributed by atoms with Gasteiger partial charge in [-0.05, 0) is 68.2 Å². The summed E-state index contributed by atoms with van der Waals surface area (Å²) in [6, 6.07) is 15.6. The summed E-state index contributed by atoms with van der Waals surface area (Å²) in [5.41, 5.74) is 2.73. The summed E-state index contributed by atoms with van der Waals surface area (Å²) in [6.07, 6.45) is 6.16. The molecule has 2 aromatic carbocycles. The smallest absolute Gasteiger partial charge is 0.243 e. The first kappa shape index (κ1) is 23.9. The van der Waals surface area contributed by atoms with Crippen molar-refractivity contribution in [2.75, 3.05) is 26.2 Å².